The van der Waals surface area contributed by atoms with Crippen molar-refractivity contribution in [3.8, 4) is 11.6 Å². The molecule has 4 N–H and O–H groups in total. The number of nitrogens with two attached hydrogens (primary N) is 1. The van der Waals surface area contributed by atoms with Gasteiger partial charge in [0.05, 0.1) is 5.69 Å². The molecule has 1 aromatic heterocycles. The molecule has 2 saturated heterocycles. The molecule has 110 valence electrons. The largest absolute Gasteiger partial charge is 0.486 e. The summed E-state index contributed by atoms with van der Waals surface area (Å²) in [7, 11) is 0. The topological polar surface area (TPSA) is 81.4 Å². The first kappa shape index (κ1) is 13.7. The van der Waals surface area contributed by atoms with Crippen molar-refractivity contribution < 1.29 is 9.47 Å². The minimum absolute atomic E-state index is 0.246. The molecule has 0 amide bonds. The molecule has 2 fully saturated rings. The van der Waals surface area contributed by atoms with Gasteiger partial charge in [0.15, 0.2) is 10.9 Å². The van der Waals surface area contributed by atoms with Gasteiger partial charge in [-0.1, -0.05) is 11.6 Å². The fourth-order valence-electron chi connectivity index (χ4n) is 2.03. The Morgan fingerprint density at radius 2 is 1.80 bits per heavy atom. The summed E-state index contributed by atoms with van der Waals surface area (Å²) in [5.41, 5.74) is 6.18. The highest BCUT2D eigenvalue weighted by Gasteiger charge is 2.21. The summed E-state index contributed by atoms with van der Waals surface area (Å²) in [5.74, 6) is 0.970. The molecule has 0 radical (unpaired) electrons. The first-order valence-corrected chi connectivity index (χ1v) is 7.28. The molecule has 1 aromatic rings. The van der Waals surface area contributed by atoms with E-state index in [0.717, 1.165) is 25.9 Å². The SMILES string of the molecule is Nc1cc(OC[C@@H]2CCN2)c(OC[C@@H]2CCN2)nc1Cl. The van der Waals surface area contributed by atoms with Crippen molar-refractivity contribution in [2.75, 3.05) is 32.0 Å². The Hall–Kier alpha value is -1.24. The number of hydrogen-bond donors (Lipinski definition) is 3. The van der Waals surface area contributed by atoms with Crippen molar-refractivity contribution in [2.45, 2.75) is 24.9 Å². The smallest absolute Gasteiger partial charge is 0.258 e. The lowest BCUT2D eigenvalue weighted by atomic mass is 10.1. The number of nitrogens with one attached hydrogen (secondary N) is 2. The van der Waals surface area contributed by atoms with E-state index >= 15 is 0 Å². The fourth-order valence-corrected chi connectivity index (χ4v) is 2.16. The van der Waals surface area contributed by atoms with Crippen LogP contribution in [0.5, 0.6) is 11.6 Å². The third-order valence-corrected chi connectivity index (χ3v) is 3.95. The van der Waals surface area contributed by atoms with Gasteiger partial charge in [-0.2, -0.15) is 4.98 Å². The van der Waals surface area contributed by atoms with Crippen LogP contribution in [0.4, 0.5) is 5.69 Å². The summed E-state index contributed by atoms with van der Waals surface area (Å²) in [5, 5.41) is 6.79. The number of rotatable bonds is 6. The molecule has 6 nitrogen and oxygen atoms in total. The zero-order valence-corrected chi connectivity index (χ0v) is 11.9. The van der Waals surface area contributed by atoms with Gasteiger partial charge in [-0.05, 0) is 25.9 Å². The highest BCUT2D eigenvalue weighted by molar-refractivity contribution is 6.31. The van der Waals surface area contributed by atoms with Crippen LogP contribution in [-0.4, -0.2) is 43.4 Å². The molecule has 3 rings (SSSR count). The van der Waals surface area contributed by atoms with E-state index < -0.39 is 0 Å². The Bertz CT molecular complexity index is 435. The summed E-state index contributed by atoms with van der Waals surface area (Å²) in [4.78, 5) is 4.17. The van der Waals surface area contributed by atoms with E-state index in [1.54, 1.807) is 6.07 Å². The quantitative estimate of drug-likeness (QED) is 0.674. The Morgan fingerprint density at radius 3 is 2.35 bits per heavy atom. The van der Waals surface area contributed by atoms with Crippen LogP contribution in [-0.2, 0) is 0 Å². The molecule has 0 bridgehead atoms. The normalized spacial score (nSPS) is 24.6. The van der Waals surface area contributed by atoms with Crippen LogP contribution in [0.25, 0.3) is 0 Å². The van der Waals surface area contributed by atoms with E-state index in [1.807, 2.05) is 0 Å². The van der Waals surface area contributed by atoms with Crippen LogP contribution in [0.2, 0.25) is 5.15 Å². The van der Waals surface area contributed by atoms with E-state index in [2.05, 4.69) is 15.6 Å². The van der Waals surface area contributed by atoms with Crippen molar-refractivity contribution >= 4 is 17.3 Å². The van der Waals surface area contributed by atoms with Gasteiger partial charge < -0.3 is 25.8 Å². The second-order valence-electron chi connectivity index (χ2n) is 5.17. The van der Waals surface area contributed by atoms with E-state index in [1.165, 1.54) is 0 Å². The maximum absolute atomic E-state index is 5.95. The van der Waals surface area contributed by atoms with Gasteiger partial charge in [0, 0.05) is 18.2 Å². The molecule has 2 aliphatic rings. The van der Waals surface area contributed by atoms with Crippen molar-refractivity contribution in [3.63, 3.8) is 0 Å². The number of ether oxygens (including phenoxy) is 2. The number of anilines is 1. The van der Waals surface area contributed by atoms with Gasteiger partial charge in [0.2, 0.25) is 0 Å². The molecule has 2 aliphatic heterocycles. The van der Waals surface area contributed by atoms with Crippen LogP contribution in [0.15, 0.2) is 6.07 Å². The number of halogens is 1. The number of aromatic nitrogens is 1. The summed E-state index contributed by atoms with van der Waals surface area (Å²) in [6.45, 7) is 3.23. The number of nitrogens with zero attached hydrogens (tertiary/aromatic N) is 1. The second-order valence-corrected chi connectivity index (χ2v) is 5.53. The van der Waals surface area contributed by atoms with Gasteiger partial charge in [0.25, 0.3) is 5.88 Å². The zero-order chi connectivity index (χ0) is 13.9. The van der Waals surface area contributed by atoms with Crippen LogP contribution in [0.3, 0.4) is 0 Å². The van der Waals surface area contributed by atoms with Gasteiger partial charge in [-0.3, -0.25) is 0 Å². The van der Waals surface area contributed by atoms with Crippen LogP contribution in [0, 0.1) is 0 Å². The predicted molar refractivity (Wildman–Crippen MR) is 77.5 cm³/mol. The third kappa shape index (κ3) is 3.08. The average molecular weight is 299 g/mol. The summed E-state index contributed by atoms with van der Waals surface area (Å²) >= 11 is 5.95. The molecular formula is C13H19ClN4O2. The Kier molecular flexibility index (Phi) is 4.14. The van der Waals surface area contributed by atoms with E-state index in [9.17, 15) is 0 Å². The molecule has 3 heterocycles. The van der Waals surface area contributed by atoms with Crippen LogP contribution >= 0.6 is 11.6 Å². The molecule has 0 saturated carbocycles. The molecule has 0 unspecified atom stereocenters. The molecule has 0 aromatic carbocycles. The van der Waals surface area contributed by atoms with E-state index in [4.69, 9.17) is 26.8 Å². The minimum Gasteiger partial charge on any atom is -0.486 e. The molecule has 0 spiro atoms. The first-order valence-electron chi connectivity index (χ1n) is 6.91. The Balaban J connectivity index is 1.65. The van der Waals surface area contributed by atoms with Gasteiger partial charge in [0.1, 0.15) is 13.2 Å². The van der Waals surface area contributed by atoms with Crippen LogP contribution in [0.1, 0.15) is 12.8 Å². The summed E-state index contributed by atoms with van der Waals surface area (Å²) in [6, 6.07) is 2.46. The Labute approximate surface area is 123 Å². The third-order valence-electron chi connectivity index (χ3n) is 3.65. The maximum Gasteiger partial charge on any atom is 0.258 e. The predicted octanol–water partition coefficient (Wildman–Crippen LogP) is 0.799. The molecular weight excluding hydrogens is 280 g/mol. The fraction of sp³-hybridized carbons (Fsp3) is 0.615. The van der Waals surface area contributed by atoms with Crippen LogP contribution < -0.4 is 25.8 Å². The highest BCUT2D eigenvalue weighted by atomic mass is 35.5. The van der Waals surface area contributed by atoms with Gasteiger partial charge in [-0.15, -0.1) is 0 Å². The van der Waals surface area contributed by atoms with Crippen molar-refractivity contribution in [1.29, 1.82) is 0 Å². The number of pyridine rings is 1. The minimum atomic E-state index is 0.246. The van der Waals surface area contributed by atoms with E-state index in [0.29, 0.717) is 42.6 Å². The molecule has 0 aliphatic carbocycles. The Morgan fingerprint density at radius 1 is 1.20 bits per heavy atom. The monoisotopic (exact) mass is 298 g/mol. The van der Waals surface area contributed by atoms with Gasteiger partial charge in [-0.25, -0.2) is 0 Å². The number of nitrogen functional groups attached to an aromatic ring is 1. The number of hydrogen-bond acceptors (Lipinski definition) is 6. The second kappa shape index (κ2) is 6.03. The summed E-state index contributed by atoms with van der Waals surface area (Å²) < 4.78 is 11.5. The van der Waals surface area contributed by atoms with Gasteiger partial charge >= 0.3 is 0 Å². The van der Waals surface area contributed by atoms with E-state index in [-0.39, 0.29) is 5.15 Å². The maximum atomic E-state index is 5.95. The molecule has 20 heavy (non-hydrogen) atoms. The highest BCUT2D eigenvalue weighted by Crippen LogP contribution is 2.32. The van der Waals surface area contributed by atoms with Crippen molar-refractivity contribution in [3.05, 3.63) is 11.2 Å². The lowest BCUT2D eigenvalue weighted by molar-refractivity contribution is 0.183. The standard InChI is InChI=1S/C13H19ClN4O2/c14-12-10(15)5-11(19-6-8-1-3-16-8)13(18-12)20-7-9-2-4-17-9/h5,8-9,16-17H,1-4,6-7,15H2/t8-,9-/m0/s1. The lowest BCUT2D eigenvalue weighted by Gasteiger charge is -2.29. The molecule has 7 heteroatoms. The average Bonchev–Trinajstić information content (AvgIpc) is 2.30. The summed E-state index contributed by atoms with van der Waals surface area (Å²) in [6.07, 6.45) is 2.24. The zero-order valence-electron chi connectivity index (χ0n) is 11.2. The first-order chi connectivity index (χ1) is 9.72. The van der Waals surface area contributed by atoms with Crippen molar-refractivity contribution in [1.82, 2.24) is 15.6 Å². The lowest BCUT2D eigenvalue weighted by Crippen LogP contribution is -2.47. The molecule has 2 atom stereocenters. The van der Waals surface area contributed by atoms with Crippen molar-refractivity contribution in [2.24, 2.45) is 0 Å².